The maximum absolute atomic E-state index is 5.79. The summed E-state index contributed by atoms with van der Waals surface area (Å²) in [5.41, 5.74) is 1.07. The lowest BCUT2D eigenvalue weighted by Gasteiger charge is -2.10. The molecule has 0 spiro atoms. The Kier molecular flexibility index (Phi) is 3.52. The van der Waals surface area contributed by atoms with E-state index in [2.05, 4.69) is 10.3 Å². The van der Waals surface area contributed by atoms with Gasteiger partial charge in [0.1, 0.15) is 11.5 Å². The number of oxime groups is 1. The molecule has 2 aromatic carbocycles. The summed E-state index contributed by atoms with van der Waals surface area (Å²) in [5.74, 6) is 2.43. The summed E-state index contributed by atoms with van der Waals surface area (Å²) in [7, 11) is 0. The SMILES string of the molecule is c1ccc(Oc2ccc([C@@H]3CC(n4cccn4)=NO3)cc2)cc1. The molecule has 0 N–H and O–H groups in total. The first-order valence-corrected chi connectivity index (χ1v) is 7.44. The van der Waals surface area contributed by atoms with Gasteiger partial charge in [-0.15, -0.1) is 0 Å². The van der Waals surface area contributed by atoms with Crippen LogP contribution in [0, 0.1) is 0 Å². The van der Waals surface area contributed by atoms with Crippen molar-refractivity contribution in [1.29, 1.82) is 0 Å². The van der Waals surface area contributed by atoms with Gasteiger partial charge in [-0.1, -0.05) is 35.5 Å². The average molecular weight is 305 g/mol. The summed E-state index contributed by atoms with van der Waals surface area (Å²) in [4.78, 5) is 5.52. The van der Waals surface area contributed by atoms with E-state index in [0.29, 0.717) is 6.42 Å². The third kappa shape index (κ3) is 2.94. The largest absolute Gasteiger partial charge is 0.457 e. The van der Waals surface area contributed by atoms with E-state index < -0.39 is 0 Å². The van der Waals surface area contributed by atoms with Crippen molar-refractivity contribution >= 4 is 5.84 Å². The molecule has 3 aromatic rings. The van der Waals surface area contributed by atoms with Gasteiger partial charge < -0.3 is 9.57 Å². The lowest BCUT2D eigenvalue weighted by Crippen LogP contribution is -2.10. The topological polar surface area (TPSA) is 48.6 Å². The Morgan fingerprint density at radius 3 is 2.48 bits per heavy atom. The molecule has 5 heteroatoms. The van der Waals surface area contributed by atoms with Crippen molar-refractivity contribution in [3.05, 3.63) is 78.6 Å². The molecular formula is C18H15N3O2. The molecule has 0 bridgehead atoms. The molecule has 0 fully saturated rings. The average Bonchev–Trinajstić information content (AvgIpc) is 3.28. The summed E-state index contributed by atoms with van der Waals surface area (Å²) < 4.78 is 7.52. The summed E-state index contributed by atoms with van der Waals surface area (Å²) >= 11 is 0. The van der Waals surface area contributed by atoms with Crippen LogP contribution in [0.15, 0.2) is 78.2 Å². The molecule has 4 rings (SSSR count). The van der Waals surface area contributed by atoms with Crippen molar-refractivity contribution in [2.45, 2.75) is 12.5 Å². The highest BCUT2D eigenvalue weighted by molar-refractivity contribution is 5.84. The predicted molar refractivity (Wildman–Crippen MR) is 86.5 cm³/mol. The van der Waals surface area contributed by atoms with Gasteiger partial charge in [-0.25, -0.2) is 4.68 Å². The van der Waals surface area contributed by atoms with Crippen LogP contribution >= 0.6 is 0 Å². The number of aromatic nitrogens is 2. The van der Waals surface area contributed by atoms with E-state index >= 15 is 0 Å². The van der Waals surface area contributed by atoms with Crippen molar-refractivity contribution in [3.8, 4) is 11.5 Å². The van der Waals surface area contributed by atoms with Crippen molar-refractivity contribution in [3.63, 3.8) is 0 Å². The first kappa shape index (κ1) is 13.6. The van der Waals surface area contributed by atoms with Gasteiger partial charge in [0, 0.05) is 12.4 Å². The summed E-state index contributed by atoms with van der Waals surface area (Å²) in [6, 6.07) is 19.5. The van der Waals surface area contributed by atoms with Gasteiger partial charge in [0.25, 0.3) is 0 Å². The van der Waals surface area contributed by atoms with Gasteiger partial charge >= 0.3 is 0 Å². The number of ether oxygens (including phenoxy) is 1. The number of para-hydroxylation sites is 1. The fraction of sp³-hybridized carbons (Fsp3) is 0.111. The summed E-state index contributed by atoms with van der Waals surface area (Å²) in [5, 5.41) is 8.29. The first-order valence-electron chi connectivity index (χ1n) is 7.44. The van der Waals surface area contributed by atoms with Gasteiger partial charge in [0.2, 0.25) is 0 Å². The van der Waals surface area contributed by atoms with E-state index in [4.69, 9.17) is 9.57 Å². The lowest BCUT2D eigenvalue weighted by molar-refractivity contribution is 0.0856. The van der Waals surface area contributed by atoms with Crippen LogP contribution in [0.2, 0.25) is 0 Å². The number of benzene rings is 2. The highest BCUT2D eigenvalue weighted by Gasteiger charge is 2.24. The van der Waals surface area contributed by atoms with E-state index in [9.17, 15) is 0 Å². The third-order valence-electron chi connectivity index (χ3n) is 3.65. The van der Waals surface area contributed by atoms with Gasteiger partial charge in [-0.2, -0.15) is 5.10 Å². The maximum atomic E-state index is 5.79. The predicted octanol–water partition coefficient (Wildman–Crippen LogP) is 4.00. The van der Waals surface area contributed by atoms with Crippen molar-refractivity contribution in [2.75, 3.05) is 0 Å². The Balaban J connectivity index is 1.43. The first-order chi connectivity index (χ1) is 11.4. The van der Waals surface area contributed by atoms with Crippen LogP contribution in [0.5, 0.6) is 11.5 Å². The van der Waals surface area contributed by atoms with Crippen molar-refractivity contribution in [2.24, 2.45) is 5.16 Å². The second kappa shape index (κ2) is 5.96. The molecule has 0 saturated carbocycles. The van der Waals surface area contributed by atoms with Crippen LogP contribution in [0.4, 0.5) is 0 Å². The Hall–Kier alpha value is -3.08. The molecule has 23 heavy (non-hydrogen) atoms. The molecule has 1 aliphatic rings. The van der Waals surface area contributed by atoms with E-state index in [1.807, 2.05) is 66.9 Å². The van der Waals surface area contributed by atoms with Gasteiger partial charge in [-0.3, -0.25) is 0 Å². The monoisotopic (exact) mass is 305 g/mol. The molecule has 0 amide bonds. The van der Waals surface area contributed by atoms with Gasteiger partial charge in [-0.05, 0) is 35.9 Å². The Morgan fingerprint density at radius 1 is 0.957 bits per heavy atom. The molecule has 2 heterocycles. The zero-order valence-electron chi connectivity index (χ0n) is 12.4. The molecule has 1 aromatic heterocycles. The van der Waals surface area contributed by atoms with Crippen LogP contribution < -0.4 is 4.74 Å². The zero-order chi connectivity index (χ0) is 15.5. The Labute approximate surface area is 133 Å². The van der Waals surface area contributed by atoms with Crippen LogP contribution in [-0.4, -0.2) is 15.6 Å². The van der Waals surface area contributed by atoms with Gasteiger partial charge in [0.05, 0.1) is 6.42 Å². The van der Waals surface area contributed by atoms with Crippen molar-refractivity contribution < 1.29 is 9.57 Å². The standard InChI is InChI=1S/C18H15N3O2/c1-2-5-15(6-3-1)22-16-9-7-14(8-10-16)17-13-18(20-23-17)21-12-4-11-19-21/h1-12,17H,13H2/t17-/m0/s1. The molecule has 0 unspecified atom stereocenters. The number of nitrogens with zero attached hydrogens (tertiary/aromatic N) is 3. The molecule has 1 aliphatic heterocycles. The second-order valence-corrected chi connectivity index (χ2v) is 5.24. The molecule has 5 nitrogen and oxygen atoms in total. The second-order valence-electron chi connectivity index (χ2n) is 5.24. The Bertz CT molecular complexity index is 796. The highest BCUT2D eigenvalue weighted by Crippen LogP contribution is 2.29. The smallest absolute Gasteiger partial charge is 0.173 e. The van der Waals surface area contributed by atoms with Crippen LogP contribution in [-0.2, 0) is 4.84 Å². The minimum Gasteiger partial charge on any atom is -0.457 e. The fourth-order valence-corrected chi connectivity index (χ4v) is 2.48. The highest BCUT2D eigenvalue weighted by atomic mass is 16.6. The quantitative estimate of drug-likeness (QED) is 0.735. The molecule has 0 radical (unpaired) electrons. The van der Waals surface area contributed by atoms with Crippen LogP contribution in [0.3, 0.4) is 0 Å². The number of hydrogen-bond acceptors (Lipinski definition) is 4. The Morgan fingerprint density at radius 2 is 1.74 bits per heavy atom. The molecular weight excluding hydrogens is 290 g/mol. The number of rotatable bonds is 3. The molecule has 114 valence electrons. The normalized spacial score (nSPS) is 16.7. The minimum atomic E-state index is -0.0834. The van der Waals surface area contributed by atoms with Crippen molar-refractivity contribution in [1.82, 2.24) is 9.78 Å². The number of hydrogen-bond donors (Lipinski definition) is 0. The fourth-order valence-electron chi connectivity index (χ4n) is 2.48. The van der Waals surface area contributed by atoms with E-state index in [1.165, 1.54) is 0 Å². The third-order valence-corrected chi connectivity index (χ3v) is 3.65. The van der Waals surface area contributed by atoms with Crippen LogP contribution in [0.1, 0.15) is 18.1 Å². The lowest BCUT2D eigenvalue weighted by atomic mass is 10.1. The zero-order valence-corrected chi connectivity index (χ0v) is 12.4. The van der Waals surface area contributed by atoms with E-state index in [0.717, 1.165) is 22.9 Å². The molecule has 1 atom stereocenters. The molecule has 0 aliphatic carbocycles. The van der Waals surface area contributed by atoms with Gasteiger partial charge in [0.15, 0.2) is 11.9 Å². The molecule has 0 saturated heterocycles. The summed E-state index contributed by atoms with van der Waals surface area (Å²) in [6.07, 6.45) is 4.20. The van der Waals surface area contributed by atoms with E-state index in [1.54, 1.807) is 10.9 Å². The minimum absolute atomic E-state index is 0.0834. The van der Waals surface area contributed by atoms with Crippen LogP contribution in [0.25, 0.3) is 0 Å². The summed E-state index contributed by atoms with van der Waals surface area (Å²) in [6.45, 7) is 0. The maximum Gasteiger partial charge on any atom is 0.173 e. The van der Waals surface area contributed by atoms with E-state index in [-0.39, 0.29) is 6.10 Å².